The SMILES string of the molecule is CSC1CNCC(C(C)(C)C)N1. The quantitative estimate of drug-likeness (QED) is 0.648. The lowest BCUT2D eigenvalue weighted by Crippen LogP contribution is -2.58. The Morgan fingerprint density at radius 2 is 1.92 bits per heavy atom. The number of hydrogen-bond donors (Lipinski definition) is 2. The predicted molar refractivity (Wildman–Crippen MR) is 56.6 cm³/mol. The van der Waals surface area contributed by atoms with E-state index in [0.29, 0.717) is 16.8 Å². The van der Waals surface area contributed by atoms with E-state index in [-0.39, 0.29) is 0 Å². The standard InChI is InChI=1S/C9H20N2S/c1-9(2,3)7-5-10-6-8(11-7)12-4/h7-8,10-11H,5-6H2,1-4H3. The second-order valence-electron chi connectivity index (χ2n) is 4.47. The minimum Gasteiger partial charge on any atom is -0.313 e. The molecule has 1 aliphatic heterocycles. The summed E-state index contributed by atoms with van der Waals surface area (Å²) in [5.74, 6) is 0. The number of piperazine rings is 1. The smallest absolute Gasteiger partial charge is 0.0658 e. The van der Waals surface area contributed by atoms with Crippen LogP contribution in [0.1, 0.15) is 20.8 Å². The van der Waals surface area contributed by atoms with Crippen molar-refractivity contribution in [2.24, 2.45) is 5.41 Å². The van der Waals surface area contributed by atoms with Gasteiger partial charge in [0.15, 0.2) is 0 Å². The van der Waals surface area contributed by atoms with Crippen molar-refractivity contribution in [3.8, 4) is 0 Å². The van der Waals surface area contributed by atoms with Gasteiger partial charge in [-0.25, -0.2) is 0 Å². The summed E-state index contributed by atoms with van der Waals surface area (Å²) in [5, 5.41) is 7.69. The normalized spacial score (nSPS) is 32.0. The van der Waals surface area contributed by atoms with Gasteiger partial charge in [0, 0.05) is 19.1 Å². The van der Waals surface area contributed by atoms with E-state index in [1.54, 1.807) is 0 Å². The molecule has 0 aliphatic carbocycles. The summed E-state index contributed by atoms with van der Waals surface area (Å²) in [6.45, 7) is 9.05. The average molecular weight is 188 g/mol. The van der Waals surface area contributed by atoms with Crippen molar-refractivity contribution >= 4 is 11.8 Å². The Morgan fingerprint density at radius 3 is 2.42 bits per heavy atom. The largest absolute Gasteiger partial charge is 0.313 e. The number of hydrogen-bond acceptors (Lipinski definition) is 3. The second-order valence-corrected chi connectivity index (χ2v) is 5.51. The molecule has 12 heavy (non-hydrogen) atoms. The Morgan fingerprint density at radius 1 is 1.25 bits per heavy atom. The van der Waals surface area contributed by atoms with Crippen molar-refractivity contribution in [2.45, 2.75) is 32.2 Å². The molecule has 0 aromatic rings. The van der Waals surface area contributed by atoms with Gasteiger partial charge in [0.2, 0.25) is 0 Å². The first kappa shape index (κ1) is 10.4. The fourth-order valence-corrected chi connectivity index (χ4v) is 1.99. The minimum atomic E-state index is 0.363. The second kappa shape index (κ2) is 3.99. The molecule has 2 atom stereocenters. The van der Waals surface area contributed by atoms with Gasteiger partial charge < -0.3 is 5.32 Å². The van der Waals surface area contributed by atoms with Crippen LogP contribution in [0, 0.1) is 5.41 Å². The molecule has 2 unspecified atom stereocenters. The summed E-state index contributed by atoms with van der Waals surface area (Å²) < 4.78 is 0. The maximum atomic E-state index is 3.64. The van der Waals surface area contributed by atoms with Gasteiger partial charge in [0.05, 0.1) is 5.37 Å². The van der Waals surface area contributed by atoms with E-state index >= 15 is 0 Å². The molecular weight excluding hydrogens is 168 g/mol. The first-order chi connectivity index (χ1) is 5.54. The van der Waals surface area contributed by atoms with Crippen LogP contribution in [0.5, 0.6) is 0 Å². The zero-order valence-corrected chi connectivity index (χ0v) is 9.29. The number of rotatable bonds is 1. The third-order valence-electron chi connectivity index (χ3n) is 2.40. The van der Waals surface area contributed by atoms with Gasteiger partial charge in [-0.2, -0.15) is 0 Å². The van der Waals surface area contributed by atoms with Gasteiger partial charge in [-0.3, -0.25) is 5.32 Å². The van der Waals surface area contributed by atoms with E-state index in [1.807, 2.05) is 11.8 Å². The topological polar surface area (TPSA) is 24.1 Å². The minimum absolute atomic E-state index is 0.363. The molecular formula is C9H20N2S. The Hall–Kier alpha value is 0.270. The van der Waals surface area contributed by atoms with E-state index in [1.165, 1.54) is 0 Å². The van der Waals surface area contributed by atoms with E-state index < -0.39 is 0 Å². The lowest BCUT2D eigenvalue weighted by Gasteiger charge is -2.38. The van der Waals surface area contributed by atoms with Crippen molar-refractivity contribution < 1.29 is 0 Å². The summed E-state index contributed by atoms with van der Waals surface area (Å²) in [5.41, 5.74) is 0.363. The number of nitrogens with one attached hydrogen (secondary N) is 2. The molecule has 72 valence electrons. The lowest BCUT2D eigenvalue weighted by atomic mass is 9.86. The van der Waals surface area contributed by atoms with Crippen LogP contribution >= 0.6 is 11.8 Å². The van der Waals surface area contributed by atoms with E-state index in [4.69, 9.17) is 0 Å². The lowest BCUT2D eigenvalue weighted by molar-refractivity contribution is 0.231. The van der Waals surface area contributed by atoms with Gasteiger partial charge in [0.1, 0.15) is 0 Å². The predicted octanol–water partition coefficient (Wildman–Crippen LogP) is 1.28. The van der Waals surface area contributed by atoms with Gasteiger partial charge in [-0.1, -0.05) is 20.8 Å². The molecule has 0 aromatic heterocycles. The fraction of sp³-hybridized carbons (Fsp3) is 1.00. The molecule has 0 saturated carbocycles. The molecule has 0 aromatic carbocycles. The summed E-state index contributed by atoms with van der Waals surface area (Å²) >= 11 is 1.89. The van der Waals surface area contributed by atoms with Crippen molar-refractivity contribution in [2.75, 3.05) is 19.3 Å². The van der Waals surface area contributed by atoms with Gasteiger partial charge in [0.25, 0.3) is 0 Å². The molecule has 1 rings (SSSR count). The first-order valence-electron chi connectivity index (χ1n) is 4.53. The van der Waals surface area contributed by atoms with Gasteiger partial charge in [-0.15, -0.1) is 11.8 Å². The first-order valence-corrected chi connectivity index (χ1v) is 5.82. The highest BCUT2D eigenvalue weighted by Gasteiger charge is 2.29. The van der Waals surface area contributed by atoms with Crippen LogP contribution in [-0.4, -0.2) is 30.8 Å². The summed E-state index contributed by atoms with van der Waals surface area (Å²) in [6, 6.07) is 0.601. The molecule has 0 amide bonds. The van der Waals surface area contributed by atoms with Crippen LogP contribution in [0.3, 0.4) is 0 Å². The van der Waals surface area contributed by atoms with Crippen LogP contribution in [0.15, 0.2) is 0 Å². The highest BCUT2D eigenvalue weighted by molar-refractivity contribution is 7.99. The molecule has 1 heterocycles. The maximum absolute atomic E-state index is 3.64. The molecule has 1 aliphatic rings. The highest BCUT2D eigenvalue weighted by Crippen LogP contribution is 2.22. The third kappa shape index (κ3) is 2.64. The highest BCUT2D eigenvalue weighted by atomic mass is 32.2. The molecule has 2 N–H and O–H groups in total. The van der Waals surface area contributed by atoms with Crippen LogP contribution < -0.4 is 10.6 Å². The van der Waals surface area contributed by atoms with E-state index in [2.05, 4.69) is 37.7 Å². The Bertz CT molecular complexity index is 142. The van der Waals surface area contributed by atoms with Crippen LogP contribution in [0.25, 0.3) is 0 Å². The van der Waals surface area contributed by atoms with Crippen LogP contribution in [0.2, 0.25) is 0 Å². The molecule has 1 saturated heterocycles. The average Bonchev–Trinajstić information content (AvgIpc) is 2.03. The molecule has 0 bridgehead atoms. The zero-order chi connectivity index (χ0) is 9.19. The van der Waals surface area contributed by atoms with Crippen molar-refractivity contribution in [3.05, 3.63) is 0 Å². The Balaban J connectivity index is 2.46. The molecule has 3 heteroatoms. The molecule has 0 radical (unpaired) electrons. The summed E-state index contributed by atoms with van der Waals surface area (Å²) in [6.07, 6.45) is 2.16. The molecule has 0 spiro atoms. The molecule has 2 nitrogen and oxygen atoms in total. The number of thioether (sulfide) groups is 1. The Kier molecular flexibility index (Phi) is 3.44. The van der Waals surface area contributed by atoms with Crippen LogP contribution in [-0.2, 0) is 0 Å². The zero-order valence-electron chi connectivity index (χ0n) is 8.48. The van der Waals surface area contributed by atoms with Gasteiger partial charge >= 0.3 is 0 Å². The third-order valence-corrected chi connectivity index (χ3v) is 3.27. The fourth-order valence-electron chi connectivity index (χ4n) is 1.41. The van der Waals surface area contributed by atoms with Crippen molar-refractivity contribution in [3.63, 3.8) is 0 Å². The van der Waals surface area contributed by atoms with Gasteiger partial charge in [-0.05, 0) is 11.7 Å². The van der Waals surface area contributed by atoms with E-state index in [0.717, 1.165) is 13.1 Å². The Labute approximate surface area is 79.9 Å². The van der Waals surface area contributed by atoms with Crippen LogP contribution in [0.4, 0.5) is 0 Å². The van der Waals surface area contributed by atoms with E-state index in [9.17, 15) is 0 Å². The van der Waals surface area contributed by atoms with Crippen molar-refractivity contribution in [1.82, 2.24) is 10.6 Å². The summed E-state index contributed by atoms with van der Waals surface area (Å²) in [4.78, 5) is 0. The monoisotopic (exact) mass is 188 g/mol. The maximum Gasteiger partial charge on any atom is 0.0658 e. The van der Waals surface area contributed by atoms with Crippen molar-refractivity contribution in [1.29, 1.82) is 0 Å². The molecule has 1 fully saturated rings. The summed E-state index contributed by atoms with van der Waals surface area (Å²) in [7, 11) is 0.